The lowest BCUT2D eigenvalue weighted by atomic mass is 10.2. The number of hydrogen-bond donors (Lipinski definition) is 1. The van der Waals surface area contributed by atoms with E-state index in [0.717, 1.165) is 24.5 Å². The van der Waals surface area contributed by atoms with Crippen LogP contribution in [0.1, 0.15) is 18.4 Å². The standard InChI is InChI=1S/C19H21N3O6S/c23-19(28-14-15-6-2-1-3-7-15)13-20-29(26,27)16-8-9-17(18(12-16)22(24)25)21-10-4-5-11-21/h1-3,6-9,12,20H,4-5,10-11,13-14H2. The summed E-state index contributed by atoms with van der Waals surface area (Å²) in [4.78, 5) is 24.3. The molecule has 29 heavy (non-hydrogen) atoms. The van der Waals surface area contributed by atoms with E-state index in [1.165, 1.54) is 12.1 Å². The second-order valence-corrected chi connectivity index (χ2v) is 8.34. The topological polar surface area (TPSA) is 119 Å². The largest absolute Gasteiger partial charge is 0.460 e. The van der Waals surface area contributed by atoms with Crippen molar-refractivity contribution in [1.82, 2.24) is 4.72 Å². The van der Waals surface area contributed by atoms with E-state index < -0.39 is 27.5 Å². The maximum absolute atomic E-state index is 12.5. The fourth-order valence-electron chi connectivity index (χ4n) is 3.07. The van der Waals surface area contributed by atoms with Gasteiger partial charge in [-0.25, -0.2) is 8.42 Å². The van der Waals surface area contributed by atoms with Gasteiger partial charge in [-0.2, -0.15) is 4.72 Å². The molecular weight excluding hydrogens is 398 g/mol. The number of carbonyl (C=O) groups is 1. The number of sulfonamides is 1. The molecule has 0 radical (unpaired) electrons. The van der Waals surface area contributed by atoms with Crippen molar-refractivity contribution in [3.8, 4) is 0 Å². The number of nitrogens with one attached hydrogen (secondary N) is 1. The van der Waals surface area contributed by atoms with Crippen molar-refractivity contribution in [2.75, 3.05) is 24.5 Å². The highest BCUT2D eigenvalue weighted by Gasteiger charge is 2.26. The summed E-state index contributed by atoms with van der Waals surface area (Å²) >= 11 is 0. The molecule has 0 aromatic heterocycles. The Kier molecular flexibility index (Phi) is 6.45. The third kappa shape index (κ3) is 5.30. The average molecular weight is 419 g/mol. The summed E-state index contributed by atoms with van der Waals surface area (Å²) in [6.45, 7) is 0.838. The molecule has 1 aliphatic rings. The number of benzene rings is 2. The summed E-state index contributed by atoms with van der Waals surface area (Å²) in [5, 5.41) is 11.4. The Balaban J connectivity index is 1.66. The van der Waals surface area contributed by atoms with E-state index in [9.17, 15) is 23.3 Å². The Labute approximate surface area is 168 Å². The number of anilines is 1. The predicted octanol–water partition coefficient (Wildman–Crippen LogP) is 2.22. The molecular formula is C19H21N3O6S. The number of rotatable bonds is 8. The molecule has 0 bridgehead atoms. The molecule has 0 aliphatic carbocycles. The van der Waals surface area contributed by atoms with Gasteiger partial charge in [0.2, 0.25) is 10.0 Å². The summed E-state index contributed by atoms with van der Waals surface area (Å²) in [6.07, 6.45) is 1.87. The lowest BCUT2D eigenvalue weighted by molar-refractivity contribution is -0.384. The number of nitrogens with zero attached hydrogens (tertiary/aromatic N) is 2. The van der Waals surface area contributed by atoms with Crippen molar-refractivity contribution in [3.05, 3.63) is 64.2 Å². The lowest BCUT2D eigenvalue weighted by Crippen LogP contribution is -2.30. The molecule has 3 rings (SSSR count). The van der Waals surface area contributed by atoms with Gasteiger partial charge in [0.1, 0.15) is 18.8 Å². The minimum absolute atomic E-state index is 0.0252. The monoisotopic (exact) mass is 419 g/mol. The van der Waals surface area contributed by atoms with Crippen LogP contribution in [0.2, 0.25) is 0 Å². The van der Waals surface area contributed by atoms with Gasteiger partial charge < -0.3 is 9.64 Å². The van der Waals surface area contributed by atoms with Gasteiger partial charge >= 0.3 is 5.97 Å². The van der Waals surface area contributed by atoms with Gasteiger partial charge in [-0.15, -0.1) is 0 Å². The van der Waals surface area contributed by atoms with Gasteiger partial charge in [0.25, 0.3) is 5.69 Å². The molecule has 10 heteroatoms. The normalized spacial score (nSPS) is 14.0. The van der Waals surface area contributed by atoms with Gasteiger partial charge in [0.15, 0.2) is 0 Å². The van der Waals surface area contributed by atoms with Crippen LogP contribution < -0.4 is 9.62 Å². The first-order valence-electron chi connectivity index (χ1n) is 9.09. The number of nitro benzene ring substituents is 1. The maximum atomic E-state index is 12.5. The highest BCUT2D eigenvalue weighted by atomic mass is 32.2. The van der Waals surface area contributed by atoms with Gasteiger partial charge in [-0.3, -0.25) is 14.9 Å². The minimum Gasteiger partial charge on any atom is -0.460 e. The third-order valence-corrected chi connectivity index (χ3v) is 5.95. The molecule has 0 atom stereocenters. The van der Waals surface area contributed by atoms with E-state index in [0.29, 0.717) is 18.8 Å². The average Bonchev–Trinajstić information content (AvgIpc) is 3.26. The molecule has 0 amide bonds. The number of ether oxygens (including phenoxy) is 1. The van der Waals surface area contributed by atoms with Crippen LogP contribution in [0, 0.1) is 10.1 Å². The van der Waals surface area contributed by atoms with Crippen molar-refractivity contribution in [1.29, 1.82) is 0 Å². The molecule has 0 spiro atoms. The summed E-state index contributed by atoms with van der Waals surface area (Å²) < 4.78 is 32.1. The molecule has 2 aromatic carbocycles. The molecule has 1 N–H and O–H groups in total. The number of carbonyl (C=O) groups excluding carboxylic acids is 1. The fraction of sp³-hybridized carbons (Fsp3) is 0.316. The molecule has 2 aromatic rings. The van der Waals surface area contributed by atoms with Crippen molar-refractivity contribution in [3.63, 3.8) is 0 Å². The zero-order valence-corrected chi connectivity index (χ0v) is 16.4. The van der Waals surface area contributed by atoms with E-state index in [1.807, 2.05) is 11.0 Å². The quantitative estimate of drug-likeness (QED) is 0.396. The molecule has 9 nitrogen and oxygen atoms in total. The Morgan fingerprint density at radius 1 is 1.14 bits per heavy atom. The second-order valence-electron chi connectivity index (χ2n) is 6.57. The van der Waals surface area contributed by atoms with Crippen LogP contribution in [-0.2, 0) is 26.2 Å². The molecule has 0 saturated carbocycles. The smallest absolute Gasteiger partial charge is 0.321 e. The number of hydrogen-bond acceptors (Lipinski definition) is 7. The van der Waals surface area contributed by atoms with E-state index in [-0.39, 0.29) is 17.2 Å². The van der Waals surface area contributed by atoms with E-state index in [4.69, 9.17) is 4.74 Å². The highest BCUT2D eigenvalue weighted by Crippen LogP contribution is 2.32. The molecule has 1 aliphatic heterocycles. The first-order chi connectivity index (χ1) is 13.9. The Morgan fingerprint density at radius 3 is 2.48 bits per heavy atom. The Bertz CT molecular complexity index is 988. The first kappa shape index (κ1) is 20.7. The Hall–Kier alpha value is -2.98. The summed E-state index contributed by atoms with van der Waals surface area (Å²) in [7, 11) is -4.11. The number of esters is 1. The van der Waals surface area contributed by atoms with Crippen LogP contribution in [0.3, 0.4) is 0 Å². The van der Waals surface area contributed by atoms with E-state index in [2.05, 4.69) is 4.72 Å². The third-order valence-electron chi connectivity index (χ3n) is 4.55. The van der Waals surface area contributed by atoms with E-state index >= 15 is 0 Å². The van der Waals surface area contributed by atoms with Crippen molar-refractivity contribution >= 4 is 27.4 Å². The van der Waals surface area contributed by atoms with Gasteiger partial charge in [0, 0.05) is 19.2 Å². The summed E-state index contributed by atoms with van der Waals surface area (Å²) in [5.41, 5.74) is 0.895. The zero-order valence-electron chi connectivity index (χ0n) is 15.6. The SMILES string of the molecule is O=C(CNS(=O)(=O)c1ccc(N2CCCC2)c([N+](=O)[O-])c1)OCc1ccccc1. The first-order valence-corrected chi connectivity index (χ1v) is 10.6. The molecule has 1 heterocycles. The van der Waals surface area contributed by atoms with Crippen LogP contribution >= 0.6 is 0 Å². The van der Waals surface area contributed by atoms with Crippen LogP contribution in [0.4, 0.5) is 11.4 Å². The van der Waals surface area contributed by atoms with Crippen molar-refractivity contribution in [2.24, 2.45) is 0 Å². The van der Waals surface area contributed by atoms with Crippen LogP contribution in [0.15, 0.2) is 53.4 Å². The van der Waals surface area contributed by atoms with Crippen molar-refractivity contribution in [2.45, 2.75) is 24.3 Å². The number of nitro groups is 1. The van der Waals surface area contributed by atoms with Crippen molar-refractivity contribution < 1.29 is 22.9 Å². The predicted molar refractivity (Wildman–Crippen MR) is 106 cm³/mol. The Morgan fingerprint density at radius 2 is 1.83 bits per heavy atom. The maximum Gasteiger partial charge on any atom is 0.321 e. The molecule has 1 saturated heterocycles. The van der Waals surface area contributed by atoms with E-state index in [1.54, 1.807) is 24.3 Å². The van der Waals surface area contributed by atoms with Gasteiger partial charge in [-0.1, -0.05) is 30.3 Å². The minimum atomic E-state index is -4.11. The van der Waals surface area contributed by atoms with Gasteiger partial charge in [0.05, 0.1) is 9.82 Å². The summed E-state index contributed by atoms with van der Waals surface area (Å²) in [6, 6.07) is 12.7. The van der Waals surface area contributed by atoms with Crippen LogP contribution in [0.25, 0.3) is 0 Å². The van der Waals surface area contributed by atoms with Crippen LogP contribution in [-0.4, -0.2) is 38.9 Å². The van der Waals surface area contributed by atoms with Gasteiger partial charge in [-0.05, 0) is 30.5 Å². The highest BCUT2D eigenvalue weighted by molar-refractivity contribution is 7.89. The second kappa shape index (κ2) is 9.01. The lowest BCUT2D eigenvalue weighted by Gasteiger charge is -2.18. The molecule has 1 fully saturated rings. The van der Waals surface area contributed by atoms with Crippen LogP contribution in [0.5, 0.6) is 0 Å². The molecule has 0 unspecified atom stereocenters. The fourth-order valence-corrected chi connectivity index (χ4v) is 4.06. The zero-order chi connectivity index (χ0) is 20.9. The summed E-state index contributed by atoms with van der Waals surface area (Å²) in [5.74, 6) is -0.749. The molecule has 154 valence electrons.